The van der Waals surface area contributed by atoms with E-state index in [9.17, 15) is 44.0 Å². The largest absolute Gasteiger partial charge is 0.359 e. The summed E-state index contributed by atoms with van der Waals surface area (Å²) in [7, 11) is -12.9. The first-order chi connectivity index (χ1) is 56.4. The lowest BCUT2D eigenvalue weighted by Crippen LogP contribution is -2.41. The molecular formula is C90H115FN18O9S3. The zero-order chi connectivity index (χ0) is 87.9. The molecular weight excluding hydrogens is 1590 g/mol. The first kappa shape index (κ1) is 89.8. The van der Waals surface area contributed by atoms with Gasteiger partial charge in [0.15, 0.2) is 15.1 Å². The molecule has 3 unspecified atom stereocenters. The van der Waals surface area contributed by atoms with Gasteiger partial charge in [0.2, 0.25) is 5.95 Å². The van der Waals surface area contributed by atoms with Crippen molar-refractivity contribution in [2.45, 2.75) is 247 Å². The Bertz CT molecular complexity index is 5450. The Morgan fingerprint density at radius 1 is 0.521 bits per heavy atom. The predicted octanol–water partition coefficient (Wildman–Crippen LogP) is 15.0. The molecule has 6 atom stereocenters. The Morgan fingerprint density at radius 3 is 1.40 bits per heavy atom. The van der Waals surface area contributed by atoms with Gasteiger partial charge in [-0.25, -0.2) is 44.1 Å². The molecule has 0 aromatic carbocycles. The van der Waals surface area contributed by atoms with E-state index in [1.165, 1.54) is 36.4 Å². The van der Waals surface area contributed by atoms with Crippen molar-refractivity contribution in [2.24, 2.45) is 17.8 Å². The maximum absolute atomic E-state index is 14.6. The quantitative estimate of drug-likeness (QED) is 0.0591. The molecule has 5 aliphatic rings. The van der Waals surface area contributed by atoms with E-state index in [1.807, 2.05) is 87.0 Å². The average Bonchev–Trinajstić information content (AvgIpc) is 1.66. The second kappa shape index (κ2) is 34.1. The second-order valence-corrected chi connectivity index (χ2v) is 43.1. The second-order valence-electron chi connectivity index (χ2n) is 38.3. The molecule has 3 amide bonds. The third-order valence-electron chi connectivity index (χ3n) is 23.5. The smallest absolute Gasteiger partial charge is 0.281 e. The number of sulfonamides is 3. The van der Waals surface area contributed by atoms with Crippen LogP contribution in [0.3, 0.4) is 0 Å². The number of amides is 3. The summed E-state index contributed by atoms with van der Waals surface area (Å²) in [5, 5.41) is 13.0. The van der Waals surface area contributed by atoms with Crippen molar-refractivity contribution in [1.29, 1.82) is 0 Å². The van der Waals surface area contributed by atoms with Gasteiger partial charge >= 0.3 is 0 Å². The zero-order valence-corrected chi connectivity index (χ0v) is 75.0. The van der Waals surface area contributed by atoms with Crippen molar-refractivity contribution in [3.8, 4) is 0 Å². The number of hydrogen-bond donors (Lipinski definition) is 7. The number of anilines is 5. The van der Waals surface area contributed by atoms with Gasteiger partial charge in [-0.15, -0.1) is 0 Å². The standard InChI is InChI=1S/C30H39FN6O3S.2C30H38N6O3S/c1-28(2,3)22-14-13-21(26(31)34-22)27(38)37-41(39,40)25-12-9-11-24(35-25)36-30(6,23-10-7-8-17-32-23)16-15-20-18-29(4,5)33-19-20;2*1-28(2,3)22-14-13-21-26(32-22)36-19-20(18-29(36,4)5)15-16-30(6,23-10-7-8-17-31-23)34-24-11-9-12-25(33-24)40(38,39)35-27(21)37/h7-14,17,20,33H,15-16,18-19H2,1-6H3,(H,35,36)(H,37,38);2*7-14,17,20H,15-16,18-19H2,1-6H3,(H,33,34)(H,35,37)/t3*20-,30?/m000/s1. The minimum Gasteiger partial charge on any atom is -0.359 e. The van der Waals surface area contributed by atoms with Crippen LogP contribution < -0.4 is 45.2 Å². The summed E-state index contributed by atoms with van der Waals surface area (Å²) >= 11 is 0. The fraction of sp³-hybridized carbons (Fsp3) is 0.467. The van der Waals surface area contributed by atoms with Crippen LogP contribution in [-0.4, -0.2) is 124 Å². The third kappa shape index (κ3) is 21.0. The Balaban J connectivity index is 0.000000166. The Hall–Kier alpha value is -10.5. The van der Waals surface area contributed by atoms with E-state index in [2.05, 4.69) is 172 Å². The Morgan fingerprint density at radius 2 is 0.975 bits per heavy atom. The van der Waals surface area contributed by atoms with E-state index in [0.717, 1.165) is 92.8 Å². The first-order valence-corrected chi connectivity index (χ1v) is 45.6. The van der Waals surface area contributed by atoms with E-state index in [4.69, 9.17) is 9.97 Å². The summed E-state index contributed by atoms with van der Waals surface area (Å²) in [5.74, 6) is -0.365. The molecule has 0 radical (unpaired) electrons. The third-order valence-corrected chi connectivity index (χ3v) is 27.2. The van der Waals surface area contributed by atoms with Gasteiger partial charge in [0, 0.05) is 81.6 Å². The number of halogens is 1. The van der Waals surface area contributed by atoms with Gasteiger partial charge < -0.3 is 31.1 Å². The SMILES string of the molecule is CC(C)(C)c1ccc2c(n1)N1C[C@@H](CCC(C)(c3ccccn3)Nc3cccc(n3)S(=O)(=O)NC2=O)CC1(C)C.CC(C)(C)c1ccc2c(n1)N1C[C@@H](CCC(C)(c3ccccn3)Nc3cccc(n3)S(=O)(=O)NC2=O)CC1(C)C.CC1(C)C[C@H](CCC(C)(Nc2cccc(S(=O)(=O)NC(=O)c3ccc(C(C)(C)C)nc3F)n2)c2ccccn2)CN1. The highest BCUT2D eigenvalue weighted by Crippen LogP contribution is 2.46. The van der Waals surface area contributed by atoms with Crippen LogP contribution in [0.25, 0.3) is 0 Å². The van der Waals surface area contributed by atoms with E-state index in [-0.39, 0.29) is 53.7 Å². The number of nitrogens with one attached hydrogen (secondary N) is 7. The summed E-state index contributed by atoms with van der Waals surface area (Å²) in [6.07, 6.45) is 13.0. The number of fused-ring (bicyclic) bond motifs is 12. The van der Waals surface area contributed by atoms with E-state index in [0.29, 0.717) is 65.6 Å². The maximum atomic E-state index is 14.6. The fourth-order valence-corrected chi connectivity index (χ4v) is 19.5. The van der Waals surface area contributed by atoms with Crippen LogP contribution in [0, 0.1) is 23.7 Å². The highest BCUT2D eigenvalue weighted by atomic mass is 32.2. The highest BCUT2D eigenvalue weighted by Gasteiger charge is 2.46. The molecule has 121 heavy (non-hydrogen) atoms. The molecule has 0 spiro atoms. The lowest BCUT2D eigenvalue weighted by Gasteiger charge is -2.34. The fourth-order valence-electron chi connectivity index (χ4n) is 16.7. The van der Waals surface area contributed by atoms with Crippen LogP contribution in [0.1, 0.15) is 248 Å². The first-order valence-electron chi connectivity index (χ1n) is 41.2. The molecule has 27 nitrogen and oxygen atoms in total. The molecule has 8 bridgehead atoms. The van der Waals surface area contributed by atoms with Gasteiger partial charge in [0.1, 0.15) is 29.1 Å². The summed E-state index contributed by atoms with van der Waals surface area (Å²) in [6, 6.07) is 41.0. The van der Waals surface area contributed by atoms with Crippen LogP contribution in [0.4, 0.5) is 33.5 Å². The number of aromatic nitrogens is 9. The van der Waals surface area contributed by atoms with Crippen LogP contribution in [-0.2, 0) is 62.9 Å². The van der Waals surface area contributed by atoms with Crippen molar-refractivity contribution in [2.75, 3.05) is 45.4 Å². The average molecular weight is 1710 g/mol. The minimum atomic E-state index is -4.41. The van der Waals surface area contributed by atoms with Crippen molar-refractivity contribution in [3.05, 3.63) is 221 Å². The van der Waals surface area contributed by atoms with Crippen LogP contribution in [0.2, 0.25) is 0 Å². The lowest BCUT2D eigenvalue weighted by molar-refractivity contribution is 0.0968. The summed E-state index contributed by atoms with van der Waals surface area (Å²) in [5.41, 5.74) is 1.32. The van der Waals surface area contributed by atoms with Gasteiger partial charge in [-0.2, -0.15) is 29.6 Å². The molecule has 7 N–H and O–H groups in total. The Labute approximate surface area is 712 Å². The van der Waals surface area contributed by atoms with Gasteiger partial charge in [0.05, 0.1) is 50.4 Å². The molecule has 9 aromatic rings. The molecule has 14 heterocycles. The van der Waals surface area contributed by atoms with Gasteiger partial charge in [-0.3, -0.25) is 29.3 Å². The van der Waals surface area contributed by atoms with Gasteiger partial charge in [-0.05, 0) is 254 Å². The molecule has 3 saturated heterocycles. The van der Waals surface area contributed by atoms with E-state index >= 15 is 0 Å². The highest BCUT2D eigenvalue weighted by molar-refractivity contribution is 7.90. The zero-order valence-electron chi connectivity index (χ0n) is 72.5. The summed E-state index contributed by atoms with van der Waals surface area (Å²) < 4.78 is 101. The van der Waals surface area contributed by atoms with Gasteiger partial charge in [0.25, 0.3) is 47.8 Å². The van der Waals surface area contributed by atoms with Gasteiger partial charge in [-0.1, -0.05) is 98.7 Å². The van der Waals surface area contributed by atoms with Crippen molar-refractivity contribution < 1.29 is 44.0 Å². The number of carbonyl (C=O) groups is 3. The number of pyridine rings is 9. The molecule has 14 rings (SSSR count). The number of nitrogens with zero attached hydrogens (tertiary/aromatic N) is 11. The molecule has 5 aliphatic heterocycles. The van der Waals surface area contributed by atoms with Crippen molar-refractivity contribution in [1.82, 2.24) is 64.3 Å². The minimum absolute atomic E-state index is 0.0990. The molecule has 0 aliphatic carbocycles. The van der Waals surface area contributed by atoms with Crippen LogP contribution in [0.5, 0.6) is 0 Å². The molecule has 644 valence electrons. The van der Waals surface area contributed by atoms with E-state index < -0.39 is 81.3 Å². The summed E-state index contributed by atoms with van der Waals surface area (Å²) in [4.78, 5) is 85.0. The molecule has 31 heteroatoms. The monoisotopic (exact) mass is 1710 g/mol. The van der Waals surface area contributed by atoms with Crippen LogP contribution >= 0.6 is 0 Å². The predicted molar refractivity (Wildman–Crippen MR) is 468 cm³/mol. The van der Waals surface area contributed by atoms with Crippen molar-refractivity contribution in [3.63, 3.8) is 0 Å². The number of carbonyl (C=O) groups excluding carboxylic acids is 3. The lowest BCUT2D eigenvalue weighted by atomic mass is 9.85. The molecule has 9 aromatic heterocycles. The summed E-state index contributed by atoms with van der Waals surface area (Å²) in [6.45, 7) is 39.5. The van der Waals surface area contributed by atoms with E-state index in [1.54, 1.807) is 73.2 Å². The normalized spacial score (nSPS) is 22.3. The topological polar surface area (TPSA) is 360 Å². The van der Waals surface area contributed by atoms with Crippen molar-refractivity contribution >= 4 is 76.9 Å². The maximum Gasteiger partial charge on any atom is 0.281 e. The Kier molecular flexibility index (Phi) is 25.3. The number of hydrogen-bond acceptors (Lipinski definition) is 24. The number of rotatable bonds is 11. The molecule has 3 fully saturated rings. The van der Waals surface area contributed by atoms with Crippen LogP contribution in [0.15, 0.2) is 179 Å². The molecule has 0 saturated carbocycles.